The summed E-state index contributed by atoms with van der Waals surface area (Å²) in [6.07, 6.45) is 3.23. The lowest BCUT2D eigenvalue weighted by molar-refractivity contribution is 0.468. The van der Waals surface area contributed by atoms with Gasteiger partial charge < -0.3 is 15.4 Å². The fourth-order valence-corrected chi connectivity index (χ4v) is 3.51. The van der Waals surface area contributed by atoms with Crippen molar-refractivity contribution in [3.8, 4) is 5.75 Å². The maximum atomic E-state index is 12.3. The number of halogens is 1. The van der Waals surface area contributed by atoms with Crippen LogP contribution in [0.2, 0.25) is 0 Å². The topological polar surface area (TPSA) is 65.1 Å². The fraction of sp³-hybridized carbons (Fsp3) is 0.0455. The Hall–Kier alpha value is -3.05. The number of aromatic hydroxyl groups is 1. The van der Waals surface area contributed by atoms with E-state index in [-0.39, 0.29) is 11.2 Å². The minimum absolute atomic E-state index is 0.115. The maximum Gasteiger partial charge on any atom is 0.204 e. The van der Waals surface area contributed by atoms with Gasteiger partial charge in [-0.15, -0.1) is 0 Å². The minimum Gasteiger partial charge on any atom is -0.508 e. The van der Waals surface area contributed by atoms with Gasteiger partial charge in [-0.3, -0.25) is 4.79 Å². The maximum absolute atomic E-state index is 12.3. The number of aromatic nitrogens is 1. The molecule has 1 unspecified atom stereocenters. The van der Waals surface area contributed by atoms with Crippen LogP contribution in [0, 0.1) is 0 Å². The molecule has 5 heteroatoms. The van der Waals surface area contributed by atoms with Crippen LogP contribution < -0.4 is 10.7 Å². The molecule has 27 heavy (non-hydrogen) atoms. The summed E-state index contributed by atoms with van der Waals surface area (Å²) in [5, 5.41) is 16.0. The normalized spacial score (nSPS) is 12.0. The van der Waals surface area contributed by atoms with Crippen LogP contribution in [0.5, 0.6) is 5.75 Å². The quantitative estimate of drug-likeness (QED) is 0.425. The highest BCUT2D eigenvalue weighted by atomic mass is 79.9. The van der Waals surface area contributed by atoms with Gasteiger partial charge in [0, 0.05) is 28.5 Å². The van der Waals surface area contributed by atoms with Gasteiger partial charge in [0.2, 0.25) is 5.43 Å². The second kappa shape index (κ2) is 7.29. The highest BCUT2D eigenvalue weighted by molar-refractivity contribution is 9.10. The Kier molecular flexibility index (Phi) is 4.69. The summed E-state index contributed by atoms with van der Waals surface area (Å²) in [6.45, 7) is 0. The van der Waals surface area contributed by atoms with Crippen molar-refractivity contribution in [1.29, 1.82) is 0 Å². The van der Waals surface area contributed by atoms with Crippen LogP contribution in [0.3, 0.4) is 0 Å². The van der Waals surface area contributed by atoms with Crippen molar-refractivity contribution in [2.75, 3.05) is 5.32 Å². The number of aromatic amines is 1. The summed E-state index contributed by atoms with van der Waals surface area (Å²) in [4.78, 5) is 15.2. The molecule has 0 radical (unpaired) electrons. The number of hydrogen-bond acceptors (Lipinski definition) is 3. The van der Waals surface area contributed by atoms with Crippen molar-refractivity contribution in [2.45, 2.75) is 6.04 Å². The van der Waals surface area contributed by atoms with Crippen LogP contribution in [0.15, 0.2) is 88.4 Å². The highest BCUT2D eigenvalue weighted by Gasteiger charge is 2.21. The smallest absolute Gasteiger partial charge is 0.204 e. The summed E-state index contributed by atoms with van der Waals surface area (Å²) >= 11 is 3.46. The molecule has 0 aliphatic carbocycles. The number of phenols is 1. The Morgan fingerprint density at radius 3 is 2.52 bits per heavy atom. The van der Waals surface area contributed by atoms with Crippen LogP contribution >= 0.6 is 15.9 Å². The largest absolute Gasteiger partial charge is 0.508 e. The summed E-state index contributed by atoms with van der Waals surface area (Å²) in [5.74, 6) is 0.182. The lowest BCUT2D eigenvalue weighted by Crippen LogP contribution is -2.18. The lowest BCUT2D eigenvalue weighted by atomic mass is 9.92. The van der Waals surface area contributed by atoms with Gasteiger partial charge in [0.05, 0.1) is 11.7 Å². The van der Waals surface area contributed by atoms with Crippen LogP contribution in [0.4, 0.5) is 5.69 Å². The number of phenolic OH excluding ortho intramolecular Hbond substituents is 1. The average molecular weight is 421 g/mol. The van der Waals surface area contributed by atoms with Gasteiger partial charge in [0.15, 0.2) is 0 Å². The molecule has 0 bridgehead atoms. The van der Waals surface area contributed by atoms with E-state index >= 15 is 0 Å². The third-order valence-electron chi connectivity index (χ3n) is 4.56. The van der Waals surface area contributed by atoms with Gasteiger partial charge >= 0.3 is 0 Å². The van der Waals surface area contributed by atoms with Gasteiger partial charge in [0.1, 0.15) is 5.75 Å². The molecule has 3 aromatic carbocycles. The van der Waals surface area contributed by atoms with Gasteiger partial charge in [0.25, 0.3) is 0 Å². The first-order valence-corrected chi connectivity index (χ1v) is 9.32. The van der Waals surface area contributed by atoms with Crippen LogP contribution in [0.1, 0.15) is 17.2 Å². The standard InChI is InChI=1S/C22H17BrN2O2/c23-16-8-5-15(6-9-16)22(25-18-13-24-12-11-19(18)26)21-17-4-2-1-3-14(17)7-10-20(21)27/h1-13,22,25,27H,(H,24,26). The zero-order chi connectivity index (χ0) is 18.8. The molecule has 0 amide bonds. The van der Waals surface area contributed by atoms with E-state index in [2.05, 4.69) is 26.2 Å². The molecule has 4 rings (SSSR count). The first-order valence-electron chi connectivity index (χ1n) is 8.53. The van der Waals surface area contributed by atoms with Crippen molar-refractivity contribution >= 4 is 32.4 Å². The van der Waals surface area contributed by atoms with Crippen molar-refractivity contribution in [3.05, 3.63) is 105 Å². The third kappa shape index (κ3) is 3.46. The molecule has 0 fully saturated rings. The SMILES string of the molecule is O=c1cc[nH]cc1NC(c1ccc(Br)cc1)c1c(O)ccc2ccccc12. The third-order valence-corrected chi connectivity index (χ3v) is 5.09. The van der Waals surface area contributed by atoms with E-state index in [1.807, 2.05) is 54.6 Å². The number of nitrogens with one attached hydrogen (secondary N) is 2. The second-order valence-corrected chi connectivity index (χ2v) is 7.19. The molecular weight excluding hydrogens is 404 g/mol. The molecule has 1 aromatic heterocycles. The van der Waals surface area contributed by atoms with Crippen LogP contribution in [-0.4, -0.2) is 10.1 Å². The second-order valence-electron chi connectivity index (χ2n) is 6.27. The Balaban J connectivity index is 1.93. The zero-order valence-electron chi connectivity index (χ0n) is 14.3. The van der Waals surface area contributed by atoms with Crippen molar-refractivity contribution in [2.24, 2.45) is 0 Å². The Morgan fingerprint density at radius 2 is 1.74 bits per heavy atom. The van der Waals surface area contributed by atoms with Gasteiger partial charge in [-0.2, -0.15) is 0 Å². The van der Waals surface area contributed by atoms with Gasteiger partial charge in [-0.25, -0.2) is 0 Å². The molecular formula is C22H17BrN2O2. The molecule has 0 aliphatic heterocycles. The van der Waals surface area contributed by atoms with Crippen molar-refractivity contribution in [1.82, 2.24) is 4.98 Å². The van der Waals surface area contributed by atoms with Crippen LogP contribution in [0.25, 0.3) is 10.8 Å². The zero-order valence-corrected chi connectivity index (χ0v) is 15.9. The number of rotatable bonds is 4. The van der Waals surface area contributed by atoms with E-state index in [9.17, 15) is 9.90 Å². The average Bonchev–Trinajstić information content (AvgIpc) is 2.69. The van der Waals surface area contributed by atoms with E-state index in [1.54, 1.807) is 18.5 Å². The molecule has 3 N–H and O–H groups in total. The van der Waals surface area contributed by atoms with Gasteiger partial charge in [-0.05, 0) is 34.5 Å². The van der Waals surface area contributed by atoms with Crippen LogP contribution in [-0.2, 0) is 0 Å². The molecule has 4 aromatic rings. The molecule has 0 saturated carbocycles. The fourth-order valence-electron chi connectivity index (χ4n) is 3.25. The van der Waals surface area contributed by atoms with E-state index in [1.165, 1.54) is 6.07 Å². The Morgan fingerprint density at radius 1 is 0.963 bits per heavy atom. The summed E-state index contributed by atoms with van der Waals surface area (Å²) < 4.78 is 0.963. The molecule has 0 saturated heterocycles. The molecule has 0 spiro atoms. The van der Waals surface area contributed by atoms with Gasteiger partial charge in [-0.1, -0.05) is 58.4 Å². The molecule has 4 nitrogen and oxygen atoms in total. The number of H-pyrrole nitrogens is 1. The number of fused-ring (bicyclic) bond motifs is 1. The monoisotopic (exact) mass is 420 g/mol. The molecule has 134 valence electrons. The first kappa shape index (κ1) is 17.4. The summed E-state index contributed by atoms with van der Waals surface area (Å²) in [6, 6.07) is 20.4. The van der Waals surface area contributed by atoms with E-state index in [0.29, 0.717) is 5.69 Å². The number of anilines is 1. The lowest BCUT2D eigenvalue weighted by Gasteiger charge is -2.23. The van der Waals surface area contributed by atoms with Crippen molar-refractivity contribution in [3.63, 3.8) is 0 Å². The Labute approximate surface area is 164 Å². The number of benzene rings is 3. The summed E-state index contributed by atoms with van der Waals surface area (Å²) in [7, 11) is 0. The predicted molar refractivity (Wildman–Crippen MR) is 112 cm³/mol. The van der Waals surface area contributed by atoms with E-state index in [0.717, 1.165) is 26.4 Å². The minimum atomic E-state index is -0.396. The summed E-state index contributed by atoms with van der Waals surface area (Å²) in [5.41, 5.74) is 2.00. The Bertz CT molecular complexity index is 1150. The molecule has 1 heterocycles. The number of hydrogen-bond donors (Lipinski definition) is 3. The van der Waals surface area contributed by atoms with Crippen molar-refractivity contribution < 1.29 is 5.11 Å². The number of pyridine rings is 1. The first-order chi connectivity index (χ1) is 13.1. The predicted octanol–water partition coefficient (Wildman–Crippen LogP) is 5.20. The highest BCUT2D eigenvalue weighted by Crippen LogP contribution is 2.37. The van der Waals surface area contributed by atoms with E-state index < -0.39 is 6.04 Å². The molecule has 0 aliphatic rings. The van der Waals surface area contributed by atoms with E-state index in [4.69, 9.17) is 0 Å². The molecule has 1 atom stereocenters.